The van der Waals surface area contributed by atoms with Gasteiger partial charge in [0.2, 0.25) is 0 Å². The molecule has 186 valence electrons. The monoisotopic (exact) mass is 503 g/mol. The molecule has 1 fully saturated rings. The number of nitrogens with two attached hydrogens (primary N) is 1. The molecule has 0 amide bonds. The Kier molecular flexibility index (Phi) is 6.51. The first-order valence-electron chi connectivity index (χ1n) is 11.9. The number of rotatable bonds is 5. The van der Waals surface area contributed by atoms with Crippen molar-refractivity contribution in [2.75, 3.05) is 26.4 Å². The van der Waals surface area contributed by atoms with E-state index in [1.54, 1.807) is 11.3 Å². The van der Waals surface area contributed by atoms with Gasteiger partial charge in [-0.05, 0) is 38.5 Å². The van der Waals surface area contributed by atoms with Gasteiger partial charge in [-0.15, -0.1) is 21.5 Å². The number of ether oxygens (including phenoxy) is 2. The van der Waals surface area contributed by atoms with Crippen molar-refractivity contribution in [3.63, 3.8) is 0 Å². The van der Waals surface area contributed by atoms with E-state index in [-0.39, 0.29) is 17.8 Å². The van der Waals surface area contributed by atoms with Gasteiger partial charge in [0.1, 0.15) is 23.5 Å². The first-order chi connectivity index (χ1) is 17.3. The Balaban J connectivity index is 1.56. The van der Waals surface area contributed by atoms with Crippen LogP contribution in [-0.2, 0) is 14.3 Å². The van der Waals surface area contributed by atoms with Crippen LogP contribution in [-0.4, -0.2) is 52.8 Å². The molecule has 4 heterocycles. The topological polar surface area (TPSA) is 105 Å². The number of carbonyl (C=O) groups excluding carboxylic acids is 1. The van der Waals surface area contributed by atoms with Crippen LogP contribution < -0.4 is 5.73 Å². The molecule has 1 aromatic carbocycles. The van der Waals surface area contributed by atoms with Gasteiger partial charge in [0, 0.05) is 27.0 Å². The molecule has 5 rings (SSSR count). The molecule has 9 heteroatoms. The lowest BCUT2D eigenvalue weighted by molar-refractivity contribution is -0.165. The molecular formula is C27H29N5O3S. The van der Waals surface area contributed by atoms with E-state index < -0.39 is 6.04 Å². The Morgan fingerprint density at radius 2 is 2.00 bits per heavy atom. The van der Waals surface area contributed by atoms with Crippen LogP contribution in [0.5, 0.6) is 0 Å². The lowest BCUT2D eigenvalue weighted by atomic mass is 9.90. The molecule has 2 aliphatic rings. The molecule has 2 aliphatic heterocycles. The molecule has 0 bridgehead atoms. The number of hydrogen-bond donors (Lipinski definition) is 1. The number of benzene rings is 1. The quantitative estimate of drug-likeness (QED) is 0.423. The molecule has 0 unspecified atom stereocenters. The second-order valence-electron chi connectivity index (χ2n) is 9.65. The molecule has 0 aliphatic carbocycles. The van der Waals surface area contributed by atoms with E-state index in [1.807, 2.05) is 35.8 Å². The van der Waals surface area contributed by atoms with Crippen LogP contribution in [0.1, 0.15) is 58.2 Å². The van der Waals surface area contributed by atoms with Crippen molar-refractivity contribution >= 4 is 23.0 Å². The Bertz CT molecular complexity index is 1400. The zero-order valence-corrected chi connectivity index (χ0v) is 21.7. The van der Waals surface area contributed by atoms with E-state index in [4.69, 9.17) is 20.2 Å². The minimum absolute atomic E-state index is 0.0750. The number of hydrogen-bond acceptors (Lipinski definition) is 8. The summed E-state index contributed by atoms with van der Waals surface area (Å²) in [6, 6.07) is 7.43. The van der Waals surface area contributed by atoms with Crippen molar-refractivity contribution < 1.29 is 14.3 Å². The molecule has 3 aromatic rings. The highest BCUT2D eigenvalue weighted by molar-refractivity contribution is 7.15. The fourth-order valence-corrected chi connectivity index (χ4v) is 5.61. The van der Waals surface area contributed by atoms with Crippen LogP contribution >= 0.6 is 11.3 Å². The number of thiophene rings is 1. The summed E-state index contributed by atoms with van der Waals surface area (Å²) in [4.78, 5) is 19.3. The van der Waals surface area contributed by atoms with Gasteiger partial charge in [-0.2, -0.15) is 0 Å². The van der Waals surface area contributed by atoms with Gasteiger partial charge < -0.3 is 15.2 Å². The third kappa shape index (κ3) is 4.48. The van der Waals surface area contributed by atoms with Gasteiger partial charge >= 0.3 is 5.97 Å². The second kappa shape index (κ2) is 9.62. The van der Waals surface area contributed by atoms with Gasteiger partial charge in [0.25, 0.3) is 0 Å². The Morgan fingerprint density at radius 3 is 2.67 bits per heavy atom. The SMILES string of the molecule is Cc1sc2c(c1C)C(c1ccc(C#CCN)cc1)=N[C@@H](CC(=O)OCC1(C)COC1)c1nnc(C)n1-2. The molecule has 2 aromatic heterocycles. The van der Waals surface area contributed by atoms with E-state index in [2.05, 4.69) is 42.8 Å². The van der Waals surface area contributed by atoms with Crippen LogP contribution in [0, 0.1) is 38.0 Å². The third-order valence-corrected chi connectivity index (χ3v) is 7.77. The van der Waals surface area contributed by atoms with Gasteiger partial charge in [-0.1, -0.05) is 30.9 Å². The van der Waals surface area contributed by atoms with Crippen molar-refractivity contribution in [3.05, 3.63) is 63.0 Å². The number of carbonyl (C=O) groups is 1. The Labute approximate surface area is 214 Å². The summed E-state index contributed by atoms with van der Waals surface area (Å²) in [5.74, 6) is 7.04. The van der Waals surface area contributed by atoms with Gasteiger partial charge in [-0.3, -0.25) is 14.4 Å². The number of aromatic nitrogens is 3. The fraction of sp³-hybridized carbons (Fsp3) is 0.407. The standard InChI is InChI=1S/C27H29N5O3S/c1-16-17(2)36-26-23(16)24(20-9-7-19(8-10-20)6-5-11-28)29-21(25-31-30-18(3)32(25)26)12-22(33)35-15-27(4)13-34-14-27/h7-10,21H,11-15,28H2,1-4H3/t21-/m0/s1. The Morgan fingerprint density at radius 1 is 1.25 bits per heavy atom. The highest BCUT2D eigenvalue weighted by atomic mass is 32.1. The average Bonchev–Trinajstić information content (AvgIpc) is 3.32. The number of fused-ring (bicyclic) bond motifs is 3. The van der Waals surface area contributed by atoms with Gasteiger partial charge in [-0.25, -0.2) is 0 Å². The lowest BCUT2D eigenvalue weighted by Gasteiger charge is -2.37. The van der Waals surface area contributed by atoms with E-state index in [9.17, 15) is 4.79 Å². The first kappa shape index (κ1) is 24.4. The predicted molar refractivity (Wildman–Crippen MR) is 139 cm³/mol. The second-order valence-corrected chi connectivity index (χ2v) is 10.9. The molecule has 1 atom stereocenters. The highest BCUT2D eigenvalue weighted by Crippen LogP contribution is 2.39. The minimum atomic E-state index is -0.532. The van der Waals surface area contributed by atoms with E-state index >= 15 is 0 Å². The van der Waals surface area contributed by atoms with Crippen molar-refractivity contribution in [2.24, 2.45) is 16.1 Å². The number of nitrogens with zero attached hydrogens (tertiary/aromatic N) is 4. The van der Waals surface area contributed by atoms with Crippen molar-refractivity contribution in [1.29, 1.82) is 0 Å². The normalized spacial score (nSPS) is 17.6. The highest BCUT2D eigenvalue weighted by Gasteiger charge is 2.36. The summed E-state index contributed by atoms with van der Waals surface area (Å²) in [5, 5.41) is 9.81. The van der Waals surface area contributed by atoms with Crippen LogP contribution in [0.3, 0.4) is 0 Å². The number of aryl methyl sites for hydroxylation is 2. The molecule has 2 N–H and O–H groups in total. The van der Waals surface area contributed by atoms with Crippen molar-refractivity contribution in [3.8, 4) is 16.8 Å². The third-order valence-electron chi connectivity index (χ3n) is 6.58. The summed E-state index contributed by atoms with van der Waals surface area (Å²) in [6.07, 6.45) is 0.0750. The summed E-state index contributed by atoms with van der Waals surface area (Å²) < 4.78 is 13.0. The van der Waals surface area contributed by atoms with Crippen LogP contribution in [0.4, 0.5) is 0 Å². The van der Waals surface area contributed by atoms with Crippen LogP contribution in [0.25, 0.3) is 5.00 Å². The molecule has 0 spiro atoms. The smallest absolute Gasteiger partial charge is 0.308 e. The summed E-state index contributed by atoms with van der Waals surface area (Å²) in [5.41, 5.74) is 10.3. The maximum atomic E-state index is 12.9. The number of esters is 1. The largest absolute Gasteiger partial charge is 0.465 e. The molecule has 8 nitrogen and oxygen atoms in total. The average molecular weight is 504 g/mol. The van der Waals surface area contributed by atoms with Crippen LogP contribution in [0.2, 0.25) is 0 Å². The van der Waals surface area contributed by atoms with Crippen molar-refractivity contribution in [1.82, 2.24) is 14.8 Å². The molecule has 1 saturated heterocycles. The zero-order valence-electron chi connectivity index (χ0n) is 20.9. The maximum absolute atomic E-state index is 12.9. The molecule has 36 heavy (non-hydrogen) atoms. The summed E-state index contributed by atoms with van der Waals surface area (Å²) in [7, 11) is 0. The van der Waals surface area contributed by atoms with Crippen molar-refractivity contribution in [2.45, 2.75) is 40.2 Å². The lowest BCUT2D eigenvalue weighted by Crippen LogP contribution is -2.44. The minimum Gasteiger partial charge on any atom is -0.465 e. The Hall–Kier alpha value is -3.32. The summed E-state index contributed by atoms with van der Waals surface area (Å²) in [6.45, 7) is 10.0. The zero-order chi connectivity index (χ0) is 25.4. The summed E-state index contributed by atoms with van der Waals surface area (Å²) >= 11 is 1.69. The van der Waals surface area contributed by atoms with Gasteiger partial charge in [0.05, 0.1) is 31.9 Å². The number of aliphatic imine (C=N–C) groups is 1. The van der Waals surface area contributed by atoms with Gasteiger partial charge in [0.15, 0.2) is 5.82 Å². The molecule has 0 saturated carbocycles. The van der Waals surface area contributed by atoms with E-state index in [0.717, 1.165) is 38.8 Å². The van der Waals surface area contributed by atoms with E-state index in [1.165, 1.54) is 4.88 Å². The fourth-order valence-electron chi connectivity index (χ4n) is 4.39. The van der Waals surface area contributed by atoms with Crippen LogP contribution in [0.15, 0.2) is 29.3 Å². The maximum Gasteiger partial charge on any atom is 0.308 e. The predicted octanol–water partition coefficient (Wildman–Crippen LogP) is 3.43. The first-order valence-corrected chi connectivity index (χ1v) is 12.7. The van der Waals surface area contributed by atoms with E-state index in [0.29, 0.717) is 32.2 Å². The molecular weight excluding hydrogens is 474 g/mol. The molecule has 0 radical (unpaired) electrons.